The topological polar surface area (TPSA) is 0 Å². The molecule has 0 atom stereocenters. The summed E-state index contributed by atoms with van der Waals surface area (Å²) < 4.78 is 0. The molecular weight excluding hydrogens is 66.1 g/mol. The van der Waals surface area contributed by atoms with Gasteiger partial charge in [0.05, 0.1) is 0 Å². The zero-order chi connectivity index (χ0) is 4.83. The second kappa shape index (κ2) is 5.19. The third kappa shape index (κ3) is 4.19. The first-order chi connectivity index (χ1) is 2.91. The fourth-order valence-electron chi connectivity index (χ4n) is 0.143. The van der Waals surface area contributed by atoms with Gasteiger partial charge in [0, 0.05) is 0 Å². The molecule has 0 rings (SSSR count). The van der Waals surface area contributed by atoms with Crippen LogP contribution in [0.2, 0.25) is 0 Å². The van der Waals surface area contributed by atoms with Crippen LogP contribution in [0.5, 0.6) is 0 Å². The monoisotopic (exact) mass is 69.1 g/mol. The minimum atomic E-state index is 1.46. The molecule has 0 saturated carbocycles. The summed E-state index contributed by atoms with van der Waals surface area (Å²) in [5.41, 5.74) is 0. The van der Waals surface area contributed by atoms with Crippen LogP contribution in [-0.4, -0.2) is 40.7 Å². The van der Waals surface area contributed by atoms with Crippen LogP contribution in [0.3, 0.4) is 0 Å². The Morgan fingerprint density at radius 3 is 2.17 bits per heavy atom. The van der Waals surface area contributed by atoms with Crippen molar-refractivity contribution < 1.29 is 0 Å². The third-order valence-corrected chi connectivity index (χ3v) is 0.358. The standard InChI is InChI=1S/CH2B5/c1-3-5-6-4-2/h1H2. The Morgan fingerprint density at radius 2 is 2.00 bits per heavy atom. The Bertz CT molecular complexity index is 62.0. The quantitative estimate of drug-likeness (QED) is 0.330. The van der Waals surface area contributed by atoms with Crippen LogP contribution >= 0.6 is 0 Å². The van der Waals surface area contributed by atoms with Gasteiger partial charge < -0.3 is 0 Å². The van der Waals surface area contributed by atoms with Gasteiger partial charge in [0.2, 0.25) is 0 Å². The van der Waals surface area contributed by atoms with Crippen LogP contribution in [0, 0.1) is 0 Å². The maximum absolute atomic E-state index is 4.96. The molecule has 1 radical (unpaired) electrons. The fraction of sp³-hybridized carbons (Fsp3) is 0. The Balaban J connectivity index is 3.17. The van der Waals surface area contributed by atoms with Crippen LogP contribution in [-0.2, 0) is 0 Å². The van der Waals surface area contributed by atoms with E-state index < -0.39 is 0 Å². The Morgan fingerprint density at radius 1 is 1.33 bits per heavy atom. The molecular formula is CH2B5. The number of rotatable bonds is 2. The summed E-state index contributed by atoms with van der Waals surface area (Å²) in [5, 5.41) is 0. The first-order valence-electron chi connectivity index (χ1n) is 1.74. The molecule has 0 aromatic heterocycles. The van der Waals surface area contributed by atoms with Gasteiger partial charge in [-0.15, -0.1) is 0 Å². The zero-order valence-corrected chi connectivity index (χ0v) is 3.59. The van der Waals surface area contributed by atoms with E-state index in [9.17, 15) is 0 Å². The predicted octanol–water partition coefficient (Wildman–Crippen LogP) is -1.94. The van der Waals surface area contributed by atoms with Crippen molar-refractivity contribution in [3.05, 3.63) is 0 Å². The van der Waals surface area contributed by atoms with E-state index in [0.29, 0.717) is 0 Å². The molecule has 0 aliphatic heterocycles. The van der Waals surface area contributed by atoms with Crippen LogP contribution in [0.1, 0.15) is 0 Å². The third-order valence-electron chi connectivity index (χ3n) is 0.358. The van der Waals surface area contributed by atoms with Crippen molar-refractivity contribution in [2.45, 2.75) is 0 Å². The van der Waals surface area contributed by atoms with Crippen molar-refractivity contribution in [3.63, 3.8) is 0 Å². The van der Waals surface area contributed by atoms with Gasteiger partial charge in [-0.1, -0.05) is 0 Å². The number of hydrogen-bond donors (Lipinski definition) is 0. The van der Waals surface area contributed by atoms with E-state index in [2.05, 4.69) is 6.47 Å². The molecule has 0 aliphatic carbocycles. The van der Waals surface area contributed by atoms with Crippen LogP contribution < -0.4 is 0 Å². The molecule has 0 aromatic rings. The summed E-state index contributed by atoms with van der Waals surface area (Å²) in [6.45, 7) is 10.0. The summed E-state index contributed by atoms with van der Waals surface area (Å²) >= 11 is 0. The molecule has 0 aromatic carbocycles. The van der Waals surface area contributed by atoms with E-state index in [-0.39, 0.29) is 0 Å². The van der Waals surface area contributed by atoms with Gasteiger partial charge in [-0.05, 0) is 0 Å². The summed E-state index contributed by atoms with van der Waals surface area (Å²) in [4.78, 5) is 0. The molecule has 0 N–H and O–H groups in total. The van der Waals surface area contributed by atoms with Gasteiger partial charge in [-0.2, -0.15) is 0 Å². The van der Waals surface area contributed by atoms with Gasteiger partial charge in [0.25, 0.3) is 0 Å². The van der Waals surface area contributed by atoms with Crippen LogP contribution in [0.25, 0.3) is 0 Å². The van der Waals surface area contributed by atoms with E-state index in [0.717, 1.165) is 0 Å². The molecule has 0 aliphatic rings. The van der Waals surface area contributed by atoms with E-state index in [1.807, 2.05) is 0 Å². The Kier molecular flexibility index (Phi) is 5.36. The molecule has 0 unspecified atom stereocenters. The van der Waals surface area contributed by atoms with Gasteiger partial charge in [-0.25, -0.2) is 0 Å². The van der Waals surface area contributed by atoms with Crippen molar-refractivity contribution in [1.29, 1.82) is 0 Å². The molecule has 0 saturated heterocycles. The van der Waals surface area contributed by atoms with E-state index in [4.69, 9.17) is 7.37 Å². The maximum atomic E-state index is 4.96. The Hall–Kier alpha value is 0.195. The van der Waals surface area contributed by atoms with Gasteiger partial charge in [0.15, 0.2) is 0 Å². The van der Waals surface area contributed by atoms with E-state index >= 15 is 0 Å². The van der Waals surface area contributed by atoms with Crippen molar-refractivity contribution in [2.24, 2.45) is 0 Å². The first-order valence-corrected chi connectivity index (χ1v) is 1.74. The summed E-state index contributed by atoms with van der Waals surface area (Å²) in [5.74, 6) is 0. The average Bonchev–Trinajstić information content (AvgIpc) is 1.61. The van der Waals surface area contributed by atoms with Crippen molar-refractivity contribution in [2.75, 3.05) is 0 Å². The van der Waals surface area contributed by atoms with E-state index in [1.54, 1.807) is 20.2 Å². The molecule has 0 nitrogen and oxygen atoms in total. The van der Waals surface area contributed by atoms with Crippen LogP contribution in [0.4, 0.5) is 0 Å². The second-order valence-corrected chi connectivity index (χ2v) is 0.813. The fourth-order valence-corrected chi connectivity index (χ4v) is 0.143. The molecule has 0 amide bonds. The molecule has 0 heterocycles. The summed E-state index contributed by atoms with van der Waals surface area (Å²) in [6.07, 6.45) is 0. The van der Waals surface area contributed by atoms with Crippen LogP contribution in [0.15, 0.2) is 0 Å². The molecule has 0 spiro atoms. The van der Waals surface area contributed by atoms with Crippen molar-refractivity contribution in [3.8, 4) is 0 Å². The van der Waals surface area contributed by atoms with Gasteiger partial charge >= 0.3 is 40.7 Å². The molecule has 5 heteroatoms. The molecule has 0 bridgehead atoms. The average molecular weight is 68.1 g/mol. The summed E-state index contributed by atoms with van der Waals surface area (Å²) in [7, 11) is 4.96. The zero-order valence-electron chi connectivity index (χ0n) is 3.59. The molecule has 6 heavy (non-hydrogen) atoms. The van der Waals surface area contributed by atoms with Gasteiger partial charge in [0.1, 0.15) is 0 Å². The first kappa shape index (κ1) is 6.19. The second-order valence-electron chi connectivity index (χ2n) is 0.813. The van der Waals surface area contributed by atoms with Crippen molar-refractivity contribution in [1.82, 2.24) is 0 Å². The minimum absolute atomic E-state index is 1.46. The Labute approximate surface area is 41.6 Å². The normalized spacial score (nSPS) is 4.50. The number of hydrogen-bond acceptors (Lipinski definition) is 0. The van der Waals surface area contributed by atoms with Gasteiger partial charge in [-0.3, -0.25) is 0 Å². The van der Waals surface area contributed by atoms with Crippen molar-refractivity contribution >= 4 is 40.7 Å². The predicted molar refractivity (Wildman–Crippen MR) is 35.9 cm³/mol. The molecule has 21 valence electrons. The SMILES string of the molecule is [B]=BB=BB=C. The van der Waals surface area contributed by atoms with E-state index in [1.165, 1.54) is 6.69 Å². The molecule has 0 fully saturated rings. The summed E-state index contributed by atoms with van der Waals surface area (Å²) in [6, 6.07) is 0.